The van der Waals surface area contributed by atoms with E-state index >= 15 is 0 Å². The summed E-state index contributed by atoms with van der Waals surface area (Å²) in [6.45, 7) is 13.6. The second-order valence-electron chi connectivity index (χ2n) is 10.7. The Morgan fingerprint density at radius 3 is 1.13 bits per heavy atom. The van der Waals surface area contributed by atoms with Crippen LogP contribution in [0, 0.1) is 0 Å². The van der Waals surface area contributed by atoms with Gasteiger partial charge in [0.1, 0.15) is 0 Å². The summed E-state index contributed by atoms with van der Waals surface area (Å²) < 4.78 is 13.8. The number of rotatable bonds is 25. The number of unbranched alkanes of at least 4 members (excludes halogenated alkanes) is 12. The molecule has 0 spiro atoms. The molecule has 0 aliphatic rings. The largest absolute Gasteiger partial charge is 0.545 e. The molecular weight excluding hydrogens is 592 g/mol. The molecule has 0 atom stereocenters. The normalized spacial score (nSPS) is 10.8. The summed E-state index contributed by atoms with van der Waals surface area (Å²) >= 11 is 0. The van der Waals surface area contributed by atoms with Gasteiger partial charge in [0.05, 0.1) is 31.4 Å². The summed E-state index contributed by atoms with van der Waals surface area (Å²) in [5.74, 6) is -4.03. The van der Waals surface area contributed by atoms with Gasteiger partial charge in [-0.1, -0.05) is 111 Å². The molecule has 0 bridgehead atoms. The SMILES string of the molecule is C=COC(C)=O.CCCCCCCC/C(C(=O)[O-])=C(\CCCCCCCC)C(=O)[O-].CCCCOC(=O)/C=C/C(=O)OCCCC. The van der Waals surface area contributed by atoms with Gasteiger partial charge in [-0.25, -0.2) is 9.59 Å². The standard InChI is InChI=1S/C20H36O4.C12H20O4.C4H6O2/c1-3-5-7-9-11-13-15-17(19(21)22)18(20(23)24)16-14-12-10-8-6-4-2;1-3-5-9-15-11(13)7-8-12(14)16-10-6-4-2;1-3-6-4(2)5/h3-16H2,1-2H3,(H,21,22)(H,23,24);7-8H,3-6,9-10H2,1-2H3;3H,1H2,2H3/p-2/b18-17-;8-7+;. The average molecular weight is 653 g/mol. The molecule has 0 aliphatic carbocycles. The molecule has 0 radical (unpaired) electrons. The van der Waals surface area contributed by atoms with Crippen LogP contribution in [0.3, 0.4) is 0 Å². The zero-order valence-electron chi connectivity index (χ0n) is 29.2. The first-order chi connectivity index (χ1) is 22.0. The Kier molecular flexibility index (Phi) is 36.8. The Balaban J connectivity index is -0.000000718. The van der Waals surface area contributed by atoms with Crippen LogP contribution >= 0.6 is 0 Å². The zero-order valence-corrected chi connectivity index (χ0v) is 29.2. The molecule has 0 amide bonds. The van der Waals surface area contributed by atoms with Crippen LogP contribution in [0.5, 0.6) is 0 Å². The molecule has 0 fully saturated rings. The Morgan fingerprint density at radius 2 is 0.870 bits per heavy atom. The van der Waals surface area contributed by atoms with E-state index < -0.39 is 23.9 Å². The molecular formula is C36H60O10-2. The number of hydrogen-bond donors (Lipinski definition) is 0. The van der Waals surface area contributed by atoms with Crippen molar-refractivity contribution in [2.45, 2.75) is 150 Å². The molecule has 0 N–H and O–H groups in total. The van der Waals surface area contributed by atoms with E-state index in [9.17, 15) is 34.2 Å². The molecule has 10 heteroatoms. The van der Waals surface area contributed by atoms with Crippen LogP contribution in [-0.2, 0) is 38.2 Å². The number of esters is 3. The molecule has 0 aliphatic heterocycles. The predicted molar refractivity (Wildman–Crippen MR) is 176 cm³/mol. The van der Waals surface area contributed by atoms with Gasteiger partial charge in [-0.05, 0) is 49.7 Å². The molecule has 0 heterocycles. The van der Waals surface area contributed by atoms with Crippen LogP contribution in [0.2, 0.25) is 0 Å². The number of aliphatic carboxylic acids is 2. The molecule has 10 nitrogen and oxygen atoms in total. The lowest BCUT2D eigenvalue weighted by molar-refractivity contribution is -0.304. The molecule has 0 saturated heterocycles. The minimum Gasteiger partial charge on any atom is -0.545 e. The van der Waals surface area contributed by atoms with Crippen LogP contribution in [-0.4, -0.2) is 43.1 Å². The highest BCUT2D eigenvalue weighted by Gasteiger charge is 2.10. The highest BCUT2D eigenvalue weighted by Crippen LogP contribution is 2.20. The van der Waals surface area contributed by atoms with E-state index in [0.29, 0.717) is 26.1 Å². The quantitative estimate of drug-likeness (QED) is 0.0365. The Morgan fingerprint density at radius 1 is 0.543 bits per heavy atom. The van der Waals surface area contributed by atoms with E-state index in [1.165, 1.54) is 19.8 Å². The lowest BCUT2D eigenvalue weighted by Gasteiger charge is -2.17. The average Bonchev–Trinajstić information content (AvgIpc) is 3.00. The van der Waals surface area contributed by atoms with Crippen molar-refractivity contribution in [1.82, 2.24) is 0 Å². The van der Waals surface area contributed by atoms with Crippen molar-refractivity contribution in [3.05, 3.63) is 36.1 Å². The highest BCUT2D eigenvalue weighted by molar-refractivity contribution is 5.97. The molecule has 0 unspecified atom stereocenters. The second-order valence-corrected chi connectivity index (χ2v) is 10.7. The van der Waals surface area contributed by atoms with E-state index in [1.807, 2.05) is 13.8 Å². The van der Waals surface area contributed by atoms with Gasteiger partial charge in [0, 0.05) is 19.1 Å². The predicted octanol–water partition coefficient (Wildman–Crippen LogP) is 6.21. The molecule has 266 valence electrons. The molecule has 46 heavy (non-hydrogen) atoms. The van der Waals surface area contributed by atoms with E-state index in [-0.39, 0.29) is 30.0 Å². The van der Waals surface area contributed by atoms with Crippen LogP contribution < -0.4 is 10.2 Å². The number of carbonyl (C=O) groups is 5. The van der Waals surface area contributed by atoms with Gasteiger partial charge >= 0.3 is 17.9 Å². The van der Waals surface area contributed by atoms with E-state index in [2.05, 4.69) is 25.2 Å². The Labute approximate surface area is 277 Å². The first-order valence-corrected chi connectivity index (χ1v) is 17.0. The number of ether oxygens (including phenoxy) is 3. The Hall–Kier alpha value is -3.43. The maximum atomic E-state index is 11.3. The summed E-state index contributed by atoms with van der Waals surface area (Å²) in [6, 6.07) is 0. The summed E-state index contributed by atoms with van der Waals surface area (Å²) in [7, 11) is 0. The Bertz CT molecular complexity index is 829. The first kappa shape index (κ1) is 47.0. The minimum absolute atomic E-state index is 0.0564. The smallest absolute Gasteiger partial charge is 0.331 e. The maximum Gasteiger partial charge on any atom is 0.331 e. The van der Waals surface area contributed by atoms with Gasteiger partial charge in [0.2, 0.25) is 0 Å². The molecule has 0 rings (SSSR count). The summed E-state index contributed by atoms with van der Waals surface area (Å²) in [4.78, 5) is 54.5. The van der Waals surface area contributed by atoms with E-state index in [4.69, 9.17) is 9.47 Å². The van der Waals surface area contributed by atoms with E-state index in [1.54, 1.807) is 0 Å². The molecule has 0 aromatic heterocycles. The molecule has 0 saturated carbocycles. The lowest BCUT2D eigenvalue weighted by atomic mass is 9.96. The molecule has 0 aromatic rings. The topological polar surface area (TPSA) is 159 Å². The number of carboxylic acid groups (broad SMARTS) is 2. The zero-order chi connectivity index (χ0) is 35.4. The van der Waals surface area contributed by atoms with Crippen molar-refractivity contribution in [3.63, 3.8) is 0 Å². The first-order valence-electron chi connectivity index (χ1n) is 17.0. The molecule has 0 aromatic carbocycles. The van der Waals surface area contributed by atoms with Crippen LogP contribution in [0.4, 0.5) is 0 Å². The fourth-order valence-electron chi connectivity index (χ4n) is 3.90. The van der Waals surface area contributed by atoms with Crippen molar-refractivity contribution < 1.29 is 48.4 Å². The minimum atomic E-state index is -1.35. The summed E-state index contributed by atoms with van der Waals surface area (Å²) in [6.07, 6.45) is 19.8. The maximum absolute atomic E-state index is 11.3. The van der Waals surface area contributed by atoms with Crippen molar-refractivity contribution >= 4 is 29.8 Å². The fourth-order valence-corrected chi connectivity index (χ4v) is 3.90. The van der Waals surface area contributed by atoms with Crippen LogP contribution in [0.1, 0.15) is 150 Å². The second kappa shape index (κ2) is 36.0. The highest BCUT2D eigenvalue weighted by atomic mass is 16.5. The van der Waals surface area contributed by atoms with Gasteiger partial charge < -0.3 is 34.0 Å². The van der Waals surface area contributed by atoms with Gasteiger partial charge in [0.15, 0.2) is 0 Å². The van der Waals surface area contributed by atoms with Gasteiger partial charge in [-0.2, -0.15) is 0 Å². The van der Waals surface area contributed by atoms with Crippen LogP contribution in [0.15, 0.2) is 36.1 Å². The van der Waals surface area contributed by atoms with Gasteiger partial charge in [-0.3, -0.25) is 4.79 Å². The third-order valence-electron chi connectivity index (χ3n) is 6.51. The van der Waals surface area contributed by atoms with Crippen molar-refractivity contribution in [1.29, 1.82) is 0 Å². The monoisotopic (exact) mass is 652 g/mol. The summed E-state index contributed by atoms with van der Waals surface area (Å²) in [5, 5.41) is 22.7. The van der Waals surface area contributed by atoms with Crippen molar-refractivity contribution in [3.8, 4) is 0 Å². The summed E-state index contributed by atoms with van der Waals surface area (Å²) in [5.41, 5.74) is -0.113. The van der Waals surface area contributed by atoms with Crippen LogP contribution in [0.25, 0.3) is 0 Å². The number of carboxylic acids is 2. The van der Waals surface area contributed by atoms with Gasteiger partial charge in [0.25, 0.3) is 0 Å². The van der Waals surface area contributed by atoms with Crippen molar-refractivity contribution in [2.24, 2.45) is 0 Å². The van der Waals surface area contributed by atoms with E-state index in [0.717, 1.165) is 95.5 Å². The van der Waals surface area contributed by atoms with Gasteiger partial charge in [-0.15, -0.1) is 0 Å². The third-order valence-corrected chi connectivity index (χ3v) is 6.51. The number of carbonyl (C=O) groups excluding carboxylic acids is 5. The van der Waals surface area contributed by atoms with Crippen molar-refractivity contribution in [2.75, 3.05) is 13.2 Å². The lowest BCUT2D eigenvalue weighted by Crippen LogP contribution is -2.32. The fraction of sp³-hybridized carbons (Fsp3) is 0.694. The third kappa shape index (κ3) is 35.1. The number of hydrogen-bond acceptors (Lipinski definition) is 10.